The van der Waals surface area contributed by atoms with Crippen molar-refractivity contribution in [1.29, 1.82) is 0 Å². The van der Waals surface area contributed by atoms with Crippen molar-refractivity contribution >= 4 is 17.5 Å². The second kappa shape index (κ2) is 9.91. The first-order chi connectivity index (χ1) is 17.5. The van der Waals surface area contributed by atoms with Crippen LogP contribution in [0.25, 0.3) is 0 Å². The maximum atomic E-state index is 13.5. The highest BCUT2D eigenvalue weighted by atomic mass is 19.1. The summed E-state index contributed by atoms with van der Waals surface area (Å²) in [5, 5.41) is 10.5. The molecule has 0 spiro atoms. The predicted octanol–water partition coefficient (Wildman–Crippen LogP) is 4.93. The molecule has 1 amide bonds. The van der Waals surface area contributed by atoms with Gasteiger partial charge in [0.05, 0.1) is 18.4 Å². The standard InChI is InChI=1S/C27H24FN5O3/c1-17-24(26(34)32-22-5-3-4-6-23(22)35-2)25(33-27(31-17)29-16-30-33)19-9-13-21(14-10-19)36-15-18-7-11-20(28)12-8-18/h3-14,16,25H,15H2,1-2H3,(H,32,34)(H,29,30,31). The number of fused-ring (bicyclic) bond motifs is 1. The zero-order chi connectivity index (χ0) is 25.1. The third kappa shape index (κ3) is 4.63. The van der Waals surface area contributed by atoms with Crippen molar-refractivity contribution in [2.75, 3.05) is 17.7 Å². The highest BCUT2D eigenvalue weighted by Gasteiger charge is 2.33. The van der Waals surface area contributed by atoms with E-state index in [1.54, 1.807) is 36.1 Å². The van der Waals surface area contributed by atoms with E-state index < -0.39 is 6.04 Å². The quantitative estimate of drug-likeness (QED) is 0.386. The van der Waals surface area contributed by atoms with Gasteiger partial charge in [0, 0.05) is 5.70 Å². The molecule has 1 atom stereocenters. The number of para-hydroxylation sites is 2. The van der Waals surface area contributed by atoms with E-state index >= 15 is 0 Å². The van der Waals surface area contributed by atoms with Crippen LogP contribution in [0.1, 0.15) is 24.1 Å². The molecule has 9 heteroatoms. The Morgan fingerprint density at radius 1 is 1.08 bits per heavy atom. The second-order valence-electron chi connectivity index (χ2n) is 8.23. The number of carbonyl (C=O) groups excluding carboxylic acids is 1. The lowest BCUT2D eigenvalue weighted by molar-refractivity contribution is -0.113. The average molecular weight is 486 g/mol. The fraction of sp³-hybridized carbons (Fsp3) is 0.148. The van der Waals surface area contributed by atoms with Crippen LogP contribution in [0.15, 0.2) is 90.4 Å². The molecule has 5 rings (SSSR count). The predicted molar refractivity (Wildman–Crippen MR) is 133 cm³/mol. The topological polar surface area (TPSA) is 90.3 Å². The number of benzene rings is 3. The summed E-state index contributed by atoms with van der Waals surface area (Å²) in [5.41, 5.74) is 3.43. The third-order valence-electron chi connectivity index (χ3n) is 5.91. The number of methoxy groups -OCH3 is 1. The molecule has 3 aromatic carbocycles. The minimum Gasteiger partial charge on any atom is -0.495 e. The van der Waals surface area contributed by atoms with Crippen LogP contribution in [0.5, 0.6) is 11.5 Å². The van der Waals surface area contributed by atoms with Crippen LogP contribution in [0.2, 0.25) is 0 Å². The van der Waals surface area contributed by atoms with E-state index in [1.165, 1.54) is 18.5 Å². The highest BCUT2D eigenvalue weighted by molar-refractivity contribution is 6.06. The Hall–Kier alpha value is -4.66. The van der Waals surface area contributed by atoms with E-state index in [-0.39, 0.29) is 11.7 Å². The molecule has 182 valence electrons. The molecule has 1 aliphatic heterocycles. The van der Waals surface area contributed by atoms with Gasteiger partial charge in [0.2, 0.25) is 5.95 Å². The fourth-order valence-electron chi connectivity index (χ4n) is 4.12. The normalized spacial score (nSPS) is 14.6. The number of ether oxygens (including phenoxy) is 2. The Bertz CT molecular complexity index is 1410. The van der Waals surface area contributed by atoms with Gasteiger partial charge in [-0.15, -0.1) is 0 Å². The second-order valence-corrected chi connectivity index (χ2v) is 8.23. The Morgan fingerprint density at radius 3 is 2.58 bits per heavy atom. The van der Waals surface area contributed by atoms with Gasteiger partial charge in [-0.05, 0) is 54.4 Å². The van der Waals surface area contributed by atoms with E-state index in [0.29, 0.717) is 41.0 Å². The van der Waals surface area contributed by atoms with Gasteiger partial charge in [-0.1, -0.05) is 36.4 Å². The number of amides is 1. The Balaban J connectivity index is 1.41. The molecule has 2 N–H and O–H groups in total. The molecule has 4 aromatic rings. The van der Waals surface area contributed by atoms with Crippen LogP contribution in [0.4, 0.5) is 16.0 Å². The Kier molecular flexibility index (Phi) is 6.36. The number of aromatic nitrogens is 3. The van der Waals surface area contributed by atoms with Crippen molar-refractivity contribution in [1.82, 2.24) is 14.8 Å². The monoisotopic (exact) mass is 485 g/mol. The number of hydrogen-bond donors (Lipinski definition) is 2. The lowest BCUT2D eigenvalue weighted by Crippen LogP contribution is -2.31. The van der Waals surface area contributed by atoms with Crippen LogP contribution in [0.3, 0.4) is 0 Å². The maximum absolute atomic E-state index is 13.5. The smallest absolute Gasteiger partial charge is 0.255 e. The number of rotatable bonds is 7. The number of nitrogens with zero attached hydrogens (tertiary/aromatic N) is 3. The van der Waals surface area contributed by atoms with Crippen LogP contribution in [-0.2, 0) is 11.4 Å². The van der Waals surface area contributed by atoms with Gasteiger partial charge in [-0.25, -0.2) is 9.07 Å². The number of nitrogens with one attached hydrogen (secondary N) is 2. The van der Waals surface area contributed by atoms with E-state index in [2.05, 4.69) is 20.7 Å². The molecule has 36 heavy (non-hydrogen) atoms. The SMILES string of the molecule is COc1ccccc1NC(=O)C1=C(C)Nc2ncnn2C1c1ccc(OCc2ccc(F)cc2)cc1. The van der Waals surface area contributed by atoms with Crippen LogP contribution in [0, 0.1) is 5.82 Å². The number of anilines is 2. The first-order valence-electron chi connectivity index (χ1n) is 11.3. The van der Waals surface area contributed by atoms with Crippen molar-refractivity contribution < 1.29 is 18.7 Å². The van der Waals surface area contributed by atoms with E-state index in [0.717, 1.165) is 11.1 Å². The molecule has 1 aliphatic rings. The third-order valence-corrected chi connectivity index (χ3v) is 5.91. The van der Waals surface area contributed by atoms with E-state index in [1.807, 2.05) is 43.3 Å². The summed E-state index contributed by atoms with van der Waals surface area (Å²) in [6.07, 6.45) is 1.45. The van der Waals surface area contributed by atoms with E-state index in [9.17, 15) is 9.18 Å². The van der Waals surface area contributed by atoms with E-state index in [4.69, 9.17) is 9.47 Å². The maximum Gasteiger partial charge on any atom is 0.255 e. The number of halogens is 1. The molecule has 8 nitrogen and oxygen atoms in total. The molecular weight excluding hydrogens is 461 g/mol. The zero-order valence-corrected chi connectivity index (χ0v) is 19.7. The van der Waals surface area contributed by atoms with Crippen molar-refractivity contribution in [2.24, 2.45) is 0 Å². The Labute approximate surface area is 207 Å². The van der Waals surface area contributed by atoms with Gasteiger partial charge in [0.1, 0.15) is 36.3 Å². The summed E-state index contributed by atoms with van der Waals surface area (Å²) in [6, 6.07) is 20.4. The number of carbonyl (C=O) groups is 1. The largest absolute Gasteiger partial charge is 0.495 e. The molecule has 0 bridgehead atoms. The molecule has 0 fully saturated rings. The van der Waals surface area contributed by atoms with Crippen molar-refractivity contribution in [3.8, 4) is 11.5 Å². The van der Waals surface area contributed by atoms with Crippen molar-refractivity contribution in [3.63, 3.8) is 0 Å². The highest BCUT2D eigenvalue weighted by Crippen LogP contribution is 2.36. The molecule has 2 heterocycles. The summed E-state index contributed by atoms with van der Waals surface area (Å²) in [4.78, 5) is 17.8. The summed E-state index contributed by atoms with van der Waals surface area (Å²) >= 11 is 0. The first kappa shape index (κ1) is 23.1. The van der Waals surface area contributed by atoms with Crippen LogP contribution >= 0.6 is 0 Å². The van der Waals surface area contributed by atoms with Gasteiger partial charge in [-0.3, -0.25) is 4.79 Å². The van der Waals surface area contributed by atoms with Gasteiger partial charge in [0.25, 0.3) is 5.91 Å². The van der Waals surface area contributed by atoms with Crippen LogP contribution in [-0.4, -0.2) is 27.8 Å². The zero-order valence-electron chi connectivity index (χ0n) is 19.7. The van der Waals surface area contributed by atoms with Gasteiger partial charge < -0.3 is 20.1 Å². The van der Waals surface area contributed by atoms with Crippen LogP contribution < -0.4 is 20.1 Å². The molecule has 0 radical (unpaired) electrons. The molecular formula is C27H24FN5O3. The number of hydrogen-bond acceptors (Lipinski definition) is 6. The van der Waals surface area contributed by atoms with Gasteiger partial charge in [0.15, 0.2) is 0 Å². The minimum absolute atomic E-state index is 0.285. The molecule has 0 saturated heterocycles. The lowest BCUT2D eigenvalue weighted by Gasteiger charge is -2.29. The summed E-state index contributed by atoms with van der Waals surface area (Å²) in [7, 11) is 1.56. The summed E-state index contributed by atoms with van der Waals surface area (Å²) in [6.45, 7) is 2.15. The molecule has 1 unspecified atom stereocenters. The van der Waals surface area contributed by atoms with Crippen molar-refractivity contribution in [2.45, 2.75) is 19.6 Å². The summed E-state index contributed by atoms with van der Waals surface area (Å²) in [5.74, 6) is 1.19. The molecule has 0 saturated carbocycles. The van der Waals surface area contributed by atoms with Gasteiger partial charge in [-0.2, -0.15) is 10.1 Å². The molecule has 0 aliphatic carbocycles. The first-order valence-corrected chi connectivity index (χ1v) is 11.3. The Morgan fingerprint density at radius 2 is 1.83 bits per heavy atom. The fourth-order valence-corrected chi connectivity index (χ4v) is 4.12. The molecule has 1 aromatic heterocycles. The number of allylic oxidation sites excluding steroid dienone is 1. The lowest BCUT2D eigenvalue weighted by atomic mass is 9.95. The average Bonchev–Trinajstić information content (AvgIpc) is 3.36. The van der Waals surface area contributed by atoms with Crippen molar-refractivity contribution in [3.05, 3.63) is 107 Å². The summed E-state index contributed by atoms with van der Waals surface area (Å²) < 4.78 is 26.1. The minimum atomic E-state index is -0.510. The van der Waals surface area contributed by atoms with Gasteiger partial charge >= 0.3 is 0 Å².